The minimum atomic E-state index is -0.276. The molecule has 0 radical (unpaired) electrons. The van der Waals surface area contributed by atoms with Gasteiger partial charge in [0.1, 0.15) is 6.26 Å². The lowest BCUT2D eigenvalue weighted by Crippen LogP contribution is -2.07. The fourth-order valence-electron chi connectivity index (χ4n) is 0.689. The molecule has 0 saturated carbocycles. The summed E-state index contributed by atoms with van der Waals surface area (Å²) >= 11 is 0. The van der Waals surface area contributed by atoms with Crippen LogP contribution in [0.15, 0.2) is 16.9 Å². The monoisotopic (exact) mass is 155 g/mol. The molecule has 4 nitrogen and oxygen atoms in total. The van der Waals surface area contributed by atoms with E-state index >= 15 is 0 Å². The number of carbonyl (C=O) groups is 1. The van der Waals surface area contributed by atoms with E-state index in [0.29, 0.717) is 12.3 Å². The smallest absolute Gasteiger partial charge is 0.311 e. The Kier molecular flexibility index (Phi) is 2.66. The molecule has 60 valence electrons. The van der Waals surface area contributed by atoms with Crippen LogP contribution in [0.1, 0.15) is 12.6 Å². The van der Waals surface area contributed by atoms with Crippen molar-refractivity contribution in [3.63, 3.8) is 0 Å². The zero-order valence-corrected chi connectivity index (χ0v) is 6.24. The van der Waals surface area contributed by atoms with Gasteiger partial charge in [-0.2, -0.15) is 0 Å². The third kappa shape index (κ3) is 2.41. The molecule has 0 saturated heterocycles. The molecule has 0 N–H and O–H groups in total. The topological polar surface area (TPSA) is 52.3 Å². The van der Waals surface area contributed by atoms with Gasteiger partial charge in [0.2, 0.25) is 0 Å². The van der Waals surface area contributed by atoms with Crippen molar-refractivity contribution in [2.24, 2.45) is 0 Å². The Hall–Kier alpha value is -1.32. The quantitative estimate of drug-likeness (QED) is 0.605. The standard InChI is InChI=1S/C7H9NO3/c1-2-10-7(9)5-6-3-4-11-8-6/h3-4H,2,5H2,1H3. The normalized spacial score (nSPS) is 9.55. The van der Waals surface area contributed by atoms with Crippen molar-refractivity contribution in [3.05, 3.63) is 18.0 Å². The van der Waals surface area contributed by atoms with Gasteiger partial charge >= 0.3 is 5.97 Å². The predicted octanol–water partition coefficient (Wildman–Crippen LogP) is 0.780. The third-order valence-corrected chi connectivity index (χ3v) is 1.12. The van der Waals surface area contributed by atoms with Crippen LogP contribution >= 0.6 is 0 Å². The number of ether oxygens (including phenoxy) is 1. The van der Waals surface area contributed by atoms with E-state index < -0.39 is 0 Å². The summed E-state index contributed by atoms with van der Waals surface area (Å²) in [4.78, 5) is 10.8. The molecule has 4 heteroatoms. The summed E-state index contributed by atoms with van der Waals surface area (Å²) in [6.45, 7) is 2.16. The summed E-state index contributed by atoms with van der Waals surface area (Å²) < 4.78 is 9.23. The molecule has 0 fully saturated rings. The summed E-state index contributed by atoms with van der Waals surface area (Å²) in [5.41, 5.74) is 0.600. The van der Waals surface area contributed by atoms with Crippen LogP contribution in [0.5, 0.6) is 0 Å². The first-order valence-electron chi connectivity index (χ1n) is 3.38. The number of esters is 1. The summed E-state index contributed by atoms with van der Waals surface area (Å²) in [6, 6.07) is 1.64. The molecule has 0 aliphatic rings. The van der Waals surface area contributed by atoms with Gasteiger partial charge in [-0.15, -0.1) is 0 Å². The van der Waals surface area contributed by atoms with E-state index in [1.165, 1.54) is 6.26 Å². The lowest BCUT2D eigenvalue weighted by Gasteiger charge is -1.96. The van der Waals surface area contributed by atoms with Crippen molar-refractivity contribution in [2.75, 3.05) is 6.61 Å². The Labute approximate surface area is 64.1 Å². The highest BCUT2D eigenvalue weighted by Gasteiger charge is 2.05. The number of aromatic nitrogens is 1. The van der Waals surface area contributed by atoms with Gasteiger partial charge in [-0.3, -0.25) is 4.79 Å². The summed E-state index contributed by atoms with van der Waals surface area (Å²) in [6.07, 6.45) is 1.61. The minimum absolute atomic E-state index is 0.185. The molecule has 0 bridgehead atoms. The number of nitrogens with zero attached hydrogens (tertiary/aromatic N) is 1. The van der Waals surface area contributed by atoms with Crippen molar-refractivity contribution in [1.82, 2.24) is 5.16 Å². The molecule has 0 unspecified atom stereocenters. The van der Waals surface area contributed by atoms with Crippen molar-refractivity contribution in [1.29, 1.82) is 0 Å². The largest absolute Gasteiger partial charge is 0.466 e. The highest BCUT2D eigenvalue weighted by atomic mass is 16.5. The molecule has 0 aliphatic heterocycles. The molecule has 1 aromatic heterocycles. The van der Waals surface area contributed by atoms with E-state index in [1.807, 2.05) is 0 Å². The molecule has 11 heavy (non-hydrogen) atoms. The number of hydrogen-bond donors (Lipinski definition) is 0. The van der Waals surface area contributed by atoms with Gasteiger partial charge < -0.3 is 9.26 Å². The van der Waals surface area contributed by atoms with E-state index in [4.69, 9.17) is 4.74 Å². The van der Waals surface area contributed by atoms with Crippen LogP contribution < -0.4 is 0 Å². The number of hydrogen-bond acceptors (Lipinski definition) is 4. The molecule has 1 rings (SSSR count). The molecule has 1 heterocycles. The van der Waals surface area contributed by atoms with Crippen LogP contribution in [0.3, 0.4) is 0 Å². The predicted molar refractivity (Wildman–Crippen MR) is 36.8 cm³/mol. The van der Waals surface area contributed by atoms with E-state index in [-0.39, 0.29) is 12.4 Å². The second-order valence-electron chi connectivity index (χ2n) is 1.97. The van der Waals surface area contributed by atoms with Gasteiger partial charge in [0, 0.05) is 6.07 Å². The zero-order chi connectivity index (χ0) is 8.10. The average molecular weight is 155 g/mol. The van der Waals surface area contributed by atoms with Gasteiger partial charge in [0.15, 0.2) is 0 Å². The van der Waals surface area contributed by atoms with Crippen LogP contribution in [-0.4, -0.2) is 17.7 Å². The first kappa shape index (κ1) is 7.78. The summed E-state index contributed by atoms with van der Waals surface area (Å²) in [7, 11) is 0. The Bertz CT molecular complexity index is 218. The van der Waals surface area contributed by atoms with Crippen LogP contribution in [0, 0.1) is 0 Å². The Morgan fingerprint density at radius 2 is 2.64 bits per heavy atom. The highest BCUT2D eigenvalue weighted by Crippen LogP contribution is 1.96. The van der Waals surface area contributed by atoms with Gasteiger partial charge in [-0.1, -0.05) is 5.16 Å². The van der Waals surface area contributed by atoms with E-state index in [2.05, 4.69) is 9.68 Å². The molecule has 0 amide bonds. The van der Waals surface area contributed by atoms with Gasteiger partial charge in [-0.05, 0) is 6.92 Å². The SMILES string of the molecule is CCOC(=O)Cc1ccon1. The van der Waals surface area contributed by atoms with E-state index in [0.717, 1.165) is 0 Å². The van der Waals surface area contributed by atoms with Crippen LogP contribution in [0.2, 0.25) is 0 Å². The molecular weight excluding hydrogens is 146 g/mol. The minimum Gasteiger partial charge on any atom is -0.466 e. The maximum absolute atomic E-state index is 10.8. The Balaban J connectivity index is 2.37. The zero-order valence-electron chi connectivity index (χ0n) is 6.24. The third-order valence-electron chi connectivity index (χ3n) is 1.12. The summed E-state index contributed by atoms with van der Waals surface area (Å²) in [5.74, 6) is -0.276. The molecule has 0 aliphatic carbocycles. The van der Waals surface area contributed by atoms with E-state index in [9.17, 15) is 4.79 Å². The van der Waals surface area contributed by atoms with Gasteiger partial charge in [0.25, 0.3) is 0 Å². The molecule has 1 aromatic rings. The first-order valence-corrected chi connectivity index (χ1v) is 3.38. The molecule has 0 atom stereocenters. The summed E-state index contributed by atoms with van der Waals surface area (Å²) in [5, 5.41) is 3.56. The highest BCUT2D eigenvalue weighted by molar-refractivity contribution is 5.71. The molecular formula is C7H9NO3. The van der Waals surface area contributed by atoms with E-state index in [1.54, 1.807) is 13.0 Å². The maximum Gasteiger partial charge on any atom is 0.311 e. The lowest BCUT2D eigenvalue weighted by molar-refractivity contribution is -0.142. The van der Waals surface area contributed by atoms with Crippen LogP contribution in [0.4, 0.5) is 0 Å². The van der Waals surface area contributed by atoms with Crippen molar-refractivity contribution in [2.45, 2.75) is 13.3 Å². The number of carbonyl (C=O) groups excluding carboxylic acids is 1. The lowest BCUT2D eigenvalue weighted by atomic mass is 10.3. The number of rotatable bonds is 3. The Morgan fingerprint density at radius 1 is 1.82 bits per heavy atom. The van der Waals surface area contributed by atoms with Crippen molar-refractivity contribution >= 4 is 5.97 Å². The fraction of sp³-hybridized carbons (Fsp3) is 0.429. The fourth-order valence-corrected chi connectivity index (χ4v) is 0.689. The maximum atomic E-state index is 10.8. The van der Waals surface area contributed by atoms with Gasteiger partial charge in [0.05, 0.1) is 18.7 Å². The first-order chi connectivity index (χ1) is 5.33. The second-order valence-corrected chi connectivity index (χ2v) is 1.97. The Morgan fingerprint density at radius 3 is 3.18 bits per heavy atom. The molecule has 0 spiro atoms. The second kappa shape index (κ2) is 3.75. The van der Waals surface area contributed by atoms with Crippen molar-refractivity contribution < 1.29 is 14.1 Å². The molecule has 0 aromatic carbocycles. The van der Waals surface area contributed by atoms with Crippen LogP contribution in [0.25, 0.3) is 0 Å². The van der Waals surface area contributed by atoms with Crippen molar-refractivity contribution in [3.8, 4) is 0 Å². The van der Waals surface area contributed by atoms with Crippen LogP contribution in [-0.2, 0) is 16.0 Å². The van der Waals surface area contributed by atoms with Gasteiger partial charge in [-0.25, -0.2) is 0 Å². The average Bonchev–Trinajstić information content (AvgIpc) is 2.40.